The average Bonchev–Trinajstić information content (AvgIpc) is 2.87. The Balaban J connectivity index is 1.87. The van der Waals surface area contributed by atoms with Crippen LogP contribution >= 0.6 is 0 Å². The SMILES string of the molecule is CCCCCN1CCCC1Oc1ccc(C#N)cc1. The molecule has 0 N–H and O–H groups in total. The van der Waals surface area contributed by atoms with Crippen LogP contribution in [0.15, 0.2) is 24.3 Å². The van der Waals surface area contributed by atoms with Crippen molar-refractivity contribution in [2.24, 2.45) is 0 Å². The monoisotopic (exact) mass is 258 g/mol. The molecule has 2 rings (SSSR count). The first-order valence-corrected chi connectivity index (χ1v) is 7.24. The van der Waals surface area contributed by atoms with E-state index in [2.05, 4.69) is 17.9 Å². The van der Waals surface area contributed by atoms with Crippen LogP contribution in [0.5, 0.6) is 5.75 Å². The topological polar surface area (TPSA) is 36.3 Å². The van der Waals surface area contributed by atoms with E-state index >= 15 is 0 Å². The molecule has 1 atom stereocenters. The number of benzene rings is 1. The van der Waals surface area contributed by atoms with Gasteiger partial charge in [-0.15, -0.1) is 0 Å². The molecule has 102 valence electrons. The van der Waals surface area contributed by atoms with Crippen molar-refractivity contribution in [1.82, 2.24) is 4.90 Å². The van der Waals surface area contributed by atoms with Gasteiger partial charge in [0.25, 0.3) is 0 Å². The molecule has 1 aliphatic rings. The van der Waals surface area contributed by atoms with Gasteiger partial charge >= 0.3 is 0 Å². The molecule has 0 aliphatic carbocycles. The maximum absolute atomic E-state index is 8.78. The maximum atomic E-state index is 8.78. The second-order valence-corrected chi connectivity index (χ2v) is 5.09. The smallest absolute Gasteiger partial charge is 0.152 e. The largest absolute Gasteiger partial charge is 0.475 e. The van der Waals surface area contributed by atoms with Gasteiger partial charge in [-0.05, 0) is 43.5 Å². The van der Waals surface area contributed by atoms with Gasteiger partial charge in [-0.1, -0.05) is 19.8 Å². The summed E-state index contributed by atoms with van der Waals surface area (Å²) in [5.41, 5.74) is 0.679. The molecule has 3 heteroatoms. The Hall–Kier alpha value is -1.53. The first-order valence-electron chi connectivity index (χ1n) is 7.24. The molecule has 0 aromatic heterocycles. The summed E-state index contributed by atoms with van der Waals surface area (Å²) in [6.45, 7) is 4.51. The van der Waals surface area contributed by atoms with Crippen molar-refractivity contribution in [2.75, 3.05) is 13.1 Å². The van der Waals surface area contributed by atoms with Crippen molar-refractivity contribution in [3.05, 3.63) is 29.8 Å². The molecule has 1 aromatic carbocycles. The normalized spacial score (nSPS) is 19.3. The van der Waals surface area contributed by atoms with E-state index in [1.54, 1.807) is 0 Å². The molecule has 1 aliphatic heterocycles. The minimum Gasteiger partial charge on any atom is -0.475 e. The molecular formula is C16H22N2O. The summed E-state index contributed by atoms with van der Waals surface area (Å²) < 4.78 is 6.03. The van der Waals surface area contributed by atoms with Crippen LogP contribution in [0.4, 0.5) is 0 Å². The van der Waals surface area contributed by atoms with Gasteiger partial charge in [0.15, 0.2) is 6.23 Å². The van der Waals surface area contributed by atoms with E-state index in [4.69, 9.17) is 10.00 Å². The number of unbranched alkanes of at least 4 members (excludes halogenated alkanes) is 2. The predicted octanol–water partition coefficient (Wildman–Crippen LogP) is 3.55. The van der Waals surface area contributed by atoms with E-state index in [-0.39, 0.29) is 6.23 Å². The highest BCUT2D eigenvalue weighted by atomic mass is 16.5. The summed E-state index contributed by atoms with van der Waals surface area (Å²) in [6, 6.07) is 9.53. The molecule has 19 heavy (non-hydrogen) atoms. The Morgan fingerprint density at radius 2 is 2.11 bits per heavy atom. The Morgan fingerprint density at radius 3 is 2.79 bits per heavy atom. The molecule has 0 amide bonds. The third-order valence-electron chi connectivity index (χ3n) is 3.61. The number of nitriles is 1. The molecule has 0 saturated carbocycles. The average molecular weight is 258 g/mol. The number of hydrogen-bond acceptors (Lipinski definition) is 3. The second-order valence-electron chi connectivity index (χ2n) is 5.09. The van der Waals surface area contributed by atoms with Crippen molar-refractivity contribution in [1.29, 1.82) is 5.26 Å². The van der Waals surface area contributed by atoms with Gasteiger partial charge in [0.2, 0.25) is 0 Å². The Bertz CT molecular complexity index is 421. The van der Waals surface area contributed by atoms with E-state index < -0.39 is 0 Å². The molecule has 0 radical (unpaired) electrons. The number of ether oxygens (including phenoxy) is 1. The third-order valence-corrected chi connectivity index (χ3v) is 3.61. The van der Waals surface area contributed by atoms with Gasteiger partial charge in [0.05, 0.1) is 11.6 Å². The van der Waals surface area contributed by atoms with E-state index in [0.717, 1.165) is 25.3 Å². The van der Waals surface area contributed by atoms with E-state index in [1.807, 2.05) is 24.3 Å². The van der Waals surface area contributed by atoms with Gasteiger partial charge in [0.1, 0.15) is 5.75 Å². The van der Waals surface area contributed by atoms with E-state index in [0.29, 0.717) is 5.56 Å². The lowest BCUT2D eigenvalue weighted by Gasteiger charge is -2.25. The molecule has 1 saturated heterocycles. The highest BCUT2D eigenvalue weighted by Gasteiger charge is 2.25. The summed E-state index contributed by atoms with van der Waals surface area (Å²) in [6.07, 6.45) is 6.34. The highest BCUT2D eigenvalue weighted by molar-refractivity contribution is 5.34. The van der Waals surface area contributed by atoms with Crippen molar-refractivity contribution in [2.45, 2.75) is 45.3 Å². The first-order chi connectivity index (χ1) is 9.33. The molecule has 3 nitrogen and oxygen atoms in total. The molecule has 1 aromatic rings. The van der Waals surface area contributed by atoms with Crippen molar-refractivity contribution >= 4 is 0 Å². The molecule has 0 spiro atoms. The zero-order valence-corrected chi connectivity index (χ0v) is 11.6. The number of rotatable bonds is 6. The fourth-order valence-electron chi connectivity index (χ4n) is 2.51. The lowest BCUT2D eigenvalue weighted by Crippen LogP contribution is -2.34. The summed E-state index contributed by atoms with van der Waals surface area (Å²) in [7, 11) is 0. The van der Waals surface area contributed by atoms with Gasteiger partial charge in [0, 0.05) is 13.1 Å². The van der Waals surface area contributed by atoms with Crippen LogP contribution in [0.3, 0.4) is 0 Å². The molecule has 1 fully saturated rings. The summed E-state index contributed by atoms with van der Waals surface area (Å²) in [5.74, 6) is 0.867. The third kappa shape index (κ3) is 3.97. The van der Waals surface area contributed by atoms with Gasteiger partial charge in [-0.25, -0.2) is 0 Å². The Morgan fingerprint density at radius 1 is 1.32 bits per heavy atom. The second kappa shape index (κ2) is 7.16. The first kappa shape index (κ1) is 13.9. The zero-order chi connectivity index (χ0) is 13.5. The molecule has 1 heterocycles. The fourth-order valence-corrected chi connectivity index (χ4v) is 2.51. The van der Waals surface area contributed by atoms with Crippen LogP contribution in [-0.4, -0.2) is 24.2 Å². The van der Waals surface area contributed by atoms with Crippen LogP contribution in [0.2, 0.25) is 0 Å². The van der Waals surface area contributed by atoms with Gasteiger partial charge in [-0.2, -0.15) is 5.26 Å². The lowest BCUT2D eigenvalue weighted by atomic mass is 10.2. The highest BCUT2D eigenvalue weighted by Crippen LogP contribution is 2.22. The minimum atomic E-state index is 0.213. The van der Waals surface area contributed by atoms with E-state index in [1.165, 1.54) is 25.7 Å². The maximum Gasteiger partial charge on any atom is 0.152 e. The van der Waals surface area contributed by atoms with Crippen LogP contribution in [0.25, 0.3) is 0 Å². The lowest BCUT2D eigenvalue weighted by molar-refractivity contribution is 0.0595. The molecular weight excluding hydrogens is 236 g/mol. The Kier molecular flexibility index (Phi) is 5.23. The van der Waals surface area contributed by atoms with Crippen LogP contribution < -0.4 is 4.74 Å². The molecule has 1 unspecified atom stereocenters. The van der Waals surface area contributed by atoms with Gasteiger partial charge in [-0.3, -0.25) is 4.90 Å². The summed E-state index contributed by atoms with van der Waals surface area (Å²) in [5, 5.41) is 8.78. The van der Waals surface area contributed by atoms with E-state index in [9.17, 15) is 0 Å². The minimum absolute atomic E-state index is 0.213. The van der Waals surface area contributed by atoms with Crippen molar-refractivity contribution in [3.63, 3.8) is 0 Å². The van der Waals surface area contributed by atoms with Crippen LogP contribution in [0.1, 0.15) is 44.6 Å². The van der Waals surface area contributed by atoms with Crippen molar-refractivity contribution in [3.8, 4) is 11.8 Å². The van der Waals surface area contributed by atoms with Crippen LogP contribution in [0, 0.1) is 11.3 Å². The number of nitrogens with zero attached hydrogens (tertiary/aromatic N) is 2. The number of hydrogen-bond donors (Lipinski definition) is 0. The predicted molar refractivity (Wildman–Crippen MR) is 75.9 cm³/mol. The zero-order valence-electron chi connectivity index (χ0n) is 11.6. The van der Waals surface area contributed by atoms with Crippen LogP contribution in [-0.2, 0) is 0 Å². The van der Waals surface area contributed by atoms with Crippen molar-refractivity contribution < 1.29 is 4.74 Å². The summed E-state index contributed by atoms with van der Waals surface area (Å²) >= 11 is 0. The van der Waals surface area contributed by atoms with Gasteiger partial charge < -0.3 is 4.74 Å². The fraction of sp³-hybridized carbons (Fsp3) is 0.562. The molecule has 0 bridgehead atoms. The number of likely N-dealkylation sites (tertiary alicyclic amines) is 1. The standard InChI is InChI=1S/C16H22N2O/c1-2-3-4-11-18-12-5-6-16(18)19-15-9-7-14(13-17)8-10-15/h7-10,16H,2-6,11-12H2,1H3. The Labute approximate surface area is 115 Å². The summed E-state index contributed by atoms with van der Waals surface area (Å²) in [4.78, 5) is 2.44. The quantitative estimate of drug-likeness (QED) is 0.732.